The monoisotopic (exact) mass is 496 g/mol. The Morgan fingerprint density at radius 3 is 2.36 bits per heavy atom. The molecule has 1 aromatic carbocycles. The number of nitrogens with zero attached hydrogens (tertiary/aromatic N) is 4. The molecule has 2 N–H and O–H groups in total. The molecule has 10 heteroatoms. The lowest BCUT2D eigenvalue weighted by molar-refractivity contribution is -0.133. The minimum Gasteiger partial charge on any atom is -0.368 e. The topological polar surface area (TPSA) is 121 Å². The van der Waals surface area contributed by atoms with Gasteiger partial charge >= 0.3 is 0 Å². The van der Waals surface area contributed by atoms with Crippen molar-refractivity contribution in [2.24, 2.45) is 0 Å². The smallest absolute Gasteiger partial charge is 0.242 e. The second-order valence-electron chi connectivity index (χ2n) is 9.67. The molecular weight excluding hydrogens is 460 g/mol. The van der Waals surface area contributed by atoms with Gasteiger partial charge in [0.1, 0.15) is 5.54 Å². The van der Waals surface area contributed by atoms with Crippen molar-refractivity contribution in [1.29, 1.82) is 0 Å². The van der Waals surface area contributed by atoms with E-state index in [1.54, 1.807) is 4.90 Å². The van der Waals surface area contributed by atoms with Gasteiger partial charge in [-0.2, -0.15) is 4.98 Å². The van der Waals surface area contributed by atoms with Crippen LogP contribution < -0.4 is 15.5 Å². The zero-order chi connectivity index (χ0) is 25.4. The van der Waals surface area contributed by atoms with E-state index in [2.05, 4.69) is 37.8 Å². The Morgan fingerprint density at radius 1 is 1.00 bits per heavy atom. The quantitative estimate of drug-likeness (QED) is 0.537. The Morgan fingerprint density at radius 2 is 1.69 bits per heavy atom. The van der Waals surface area contributed by atoms with E-state index in [-0.39, 0.29) is 37.1 Å². The molecule has 1 aliphatic carbocycles. The number of anilines is 1. The largest absolute Gasteiger partial charge is 0.368 e. The molecule has 0 unspecified atom stereocenters. The van der Waals surface area contributed by atoms with Gasteiger partial charge in [0.05, 0.1) is 6.54 Å². The first-order valence-corrected chi connectivity index (χ1v) is 12.9. The van der Waals surface area contributed by atoms with E-state index in [1.165, 1.54) is 6.92 Å². The van der Waals surface area contributed by atoms with E-state index in [0.717, 1.165) is 57.3 Å². The number of benzene rings is 1. The van der Waals surface area contributed by atoms with Crippen molar-refractivity contribution in [3.05, 3.63) is 42.0 Å². The highest BCUT2D eigenvalue weighted by Gasteiger charge is 2.38. The average Bonchev–Trinajstić information content (AvgIpc) is 3.26. The number of hydrogen-bond donors (Lipinski definition) is 2. The van der Waals surface area contributed by atoms with Crippen LogP contribution in [-0.4, -0.2) is 65.5 Å². The second-order valence-corrected chi connectivity index (χ2v) is 9.67. The summed E-state index contributed by atoms with van der Waals surface area (Å²) in [7, 11) is 0. The van der Waals surface area contributed by atoms with E-state index in [1.807, 2.05) is 18.2 Å². The number of hydrogen-bond acceptors (Lipinski definition) is 7. The van der Waals surface area contributed by atoms with Crippen LogP contribution in [0.3, 0.4) is 0 Å². The predicted octanol–water partition coefficient (Wildman–Crippen LogP) is 2.15. The molecule has 0 atom stereocenters. The summed E-state index contributed by atoms with van der Waals surface area (Å²) in [5.41, 5.74) is 0.549. The summed E-state index contributed by atoms with van der Waals surface area (Å²) in [5.74, 6) is 0.407. The van der Waals surface area contributed by atoms with Crippen LogP contribution in [0.4, 0.5) is 5.69 Å². The van der Waals surface area contributed by atoms with Gasteiger partial charge in [-0.15, -0.1) is 0 Å². The molecular formula is C26H36N6O4. The van der Waals surface area contributed by atoms with Crippen molar-refractivity contribution in [3.8, 4) is 0 Å². The Bertz CT molecular complexity index is 1020. The van der Waals surface area contributed by atoms with E-state index >= 15 is 0 Å². The maximum atomic E-state index is 12.6. The molecule has 194 valence electrons. The lowest BCUT2D eigenvalue weighted by Crippen LogP contribution is -2.51. The summed E-state index contributed by atoms with van der Waals surface area (Å²) in [4.78, 5) is 45.4. The van der Waals surface area contributed by atoms with Crippen molar-refractivity contribution in [2.75, 3.05) is 37.6 Å². The number of piperazine rings is 1. The highest BCUT2D eigenvalue weighted by atomic mass is 16.5. The lowest BCUT2D eigenvalue weighted by atomic mass is 9.89. The number of nitrogens with one attached hydrogen (secondary N) is 2. The Balaban J connectivity index is 1.22. The summed E-state index contributed by atoms with van der Waals surface area (Å²) >= 11 is 0. The molecule has 2 heterocycles. The molecule has 4 rings (SSSR count). The van der Waals surface area contributed by atoms with Crippen LogP contribution in [-0.2, 0) is 26.3 Å². The maximum Gasteiger partial charge on any atom is 0.242 e. The van der Waals surface area contributed by atoms with Gasteiger partial charge in [-0.1, -0.05) is 49.0 Å². The number of carbonyl (C=O) groups is 3. The Labute approximate surface area is 211 Å². The van der Waals surface area contributed by atoms with Gasteiger partial charge in [0.2, 0.25) is 23.6 Å². The Hall–Kier alpha value is -3.43. The highest BCUT2D eigenvalue weighted by Crippen LogP contribution is 2.34. The highest BCUT2D eigenvalue weighted by molar-refractivity contribution is 5.85. The number of carbonyl (C=O) groups excluding carboxylic acids is 3. The molecule has 10 nitrogen and oxygen atoms in total. The Kier molecular flexibility index (Phi) is 8.56. The first-order chi connectivity index (χ1) is 17.4. The fourth-order valence-corrected chi connectivity index (χ4v) is 5.07. The van der Waals surface area contributed by atoms with Gasteiger partial charge < -0.3 is 25.0 Å². The molecule has 0 radical (unpaired) electrons. The van der Waals surface area contributed by atoms with Gasteiger partial charge in [-0.25, -0.2) is 0 Å². The molecule has 2 aromatic rings. The average molecular weight is 497 g/mol. The normalized spacial score (nSPS) is 17.8. The number of aromatic nitrogens is 2. The van der Waals surface area contributed by atoms with Crippen LogP contribution in [0.15, 0.2) is 34.9 Å². The van der Waals surface area contributed by atoms with Crippen molar-refractivity contribution in [1.82, 2.24) is 25.7 Å². The number of amides is 3. The number of para-hydroxylation sites is 1. The van der Waals surface area contributed by atoms with Crippen LogP contribution in [0.25, 0.3) is 0 Å². The second kappa shape index (κ2) is 12.0. The molecule has 1 saturated carbocycles. The molecule has 0 bridgehead atoms. The third kappa shape index (κ3) is 6.61. The molecule has 1 saturated heterocycles. The lowest BCUT2D eigenvalue weighted by Gasteiger charge is -2.36. The zero-order valence-corrected chi connectivity index (χ0v) is 21.0. The summed E-state index contributed by atoms with van der Waals surface area (Å²) in [6.07, 6.45) is 6.18. The number of rotatable bonds is 8. The van der Waals surface area contributed by atoms with Crippen LogP contribution in [0.1, 0.15) is 63.6 Å². The molecule has 2 fully saturated rings. The van der Waals surface area contributed by atoms with Crippen molar-refractivity contribution in [3.63, 3.8) is 0 Å². The summed E-state index contributed by atoms with van der Waals surface area (Å²) in [6.45, 7) is 4.27. The number of aryl methyl sites for hydroxylation is 1. The fourth-order valence-electron chi connectivity index (χ4n) is 5.07. The van der Waals surface area contributed by atoms with Gasteiger partial charge in [0.25, 0.3) is 0 Å². The van der Waals surface area contributed by atoms with Crippen LogP contribution in [0.2, 0.25) is 0 Å². The van der Waals surface area contributed by atoms with Gasteiger partial charge in [-0.3, -0.25) is 14.4 Å². The minimum atomic E-state index is -0.608. The van der Waals surface area contributed by atoms with Gasteiger partial charge in [0.15, 0.2) is 5.82 Å². The van der Waals surface area contributed by atoms with Gasteiger partial charge in [-0.05, 0) is 25.0 Å². The van der Waals surface area contributed by atoms with E-state index in [9.17, 15) is 14.4 Å². The SMILES string of the molecule is CC(=O)NC1(c2noc(CCC(=O)NCC(=O)N3CCN(c4ccccc4)CC3)n2)CCCCCC1. The van der Waals surface area contributed by atoms with Crippen molar-refractivity contribution < 1.29 is 18.9 Å². The minimum absolute atomic E-state index is 0.0229. The van der Waals surface area contributed by atoms with Crippen LogP contribution >= 0.6 is 0 Å². The van der Waals surface area contributed by atoms with Crippen molar-refractivity contribution in [2.45, 2.75) is 63.8 Å². The molecule has 0 spiro atoms. The fraction of sp³-hybridized carbons (Fsp3) is 0.577. The molecule has 36 heavy (non-hydrogen) atoms. The summed E-state index contributed by atoms with van der Waals surface area (Å²) in [6, 6.07) is 10.1. The standard InChI is InChI=1S/C26H36N6O4/c1-20(33)29-26(13-7-2-3-8-14-26)25-28-23(36-30-25)12-11-22(34)27-19-24(35)32-17-15-31(16-18-32)21-9-5-4-6-10-21/h4-6,9-10H,2-3,7-8,11-19H2,1H3,(H,27,34)(H,29,33). The third-order valence-electron chi connectivity index (χ3n) is 7.02. The van der Waals surface area contributed by atoms with Crippen LogP contribution in [0.5, 0.6) is 0 Å². The summed E-state index contributed by atoms with van der Waals surface area (Å²) in [5, 5.41) is 9.92. The zero-order valence-electron chi connectivity index (χ0n) is 21.0. The van der Waals surface area contributed by atoms with E-state index in [4.69, 9.17) is 4.52 Å². The first-order valence-electron chi connectivity index (χ1n) is 12.9. The molecule has 2 aliphatic rings. The third-order valence-corrected chi connectivity index (χ3v) is 7.02. The molecule has 1 aromatic heterocycles. The first kappa shape index (κ1) is 25.7. The molecule has 3 amide bonds. The van der Waals surface area contributed by atoms with Gasteiger partial charge in [0, 0.05) is 51.6 Å². The molecule has 1 aliphatic heterocycles. The van der Waals surface area contributed by atoms with Crippen molar-refractivity contribution >= 4 is 23.4 Å². The summed E-state index contributed by atoms with van der Waals surface area (Å²) < 4.78 is 5.41. The van der Waals surface area contributed by atoms with E-state index in [0.29, 0.717) is 24.8 Å². The van der Waals surface area contributed by atoms with Crippen LogP contribution in [0, 0.1) is 0 Å². The van der Waals surface area contributed by atoms with E-state index < -0.39 is 5.54 Å². The predicted molar refractivity (Wildman–Crippen MR) is 134 cm³/mol. The maximum absolute atomic E-state index is 12.6.